The van der Waals surface area contributed by atoms with E-state index in [0.29, 0.717) is 0 Å². The molecule has 0 saturated carbocycles. The largest absolute Gasteiger partial charge is 0.267 e. The van der Waals surface area contributed by atoms with Gasteiger partial charge in [-0.05, 0) is 28.2 Å². The zero-order valence-corrected chi connectivity index (χ0v) is 9.11. The molecular formula is C7H4ClF3IN. The predicted molar refractivity (Wildman–Crippen MR) is 51.4 cm³/mol. The number of rotatable bonds is 2. The van der Waals surface area contributed by atoms with Crippen molar-refractivity contribution in [2.45, 2.75) is 12.3 Å². The summed E-state index contributed by atoms with van der Waals surface area (Å²) in [5, 5.41) is 0. The Morgan fingerprint density at radius 1 is 1.54 bits per heavy atom. The topological polar surface area (TPSA) is 12.9 Å². The number of aromatic nitrogens is 1. The minimum absolute atomic E-state index is 0.0367. The lowest BCUT2D eigenvalue weighted by molar-refractivity contribution is 0.145. The van der Waals surface area contributed by atoms with E-state index in [1.165, 1.54) is 6.20 Å². The molecule has 0 unspecified atom stereocenters. The van der Waals surface area contributed by atoms with Gasteiger partial charge in [-0.15, -0.1) is 11.6 Å². The molecule has 1 heterocycles. The van der Waals surface area contributed by atoms with E-state index in [1.807, 2.05) is 0 Å². The van der Waals surface area contributed by atoms with Gasteiger partial charge in [-0.2, -0.15) is 0 Å². The molecule has 1 aromatic rings. The highest BCUT2D eigenvalue weighted by Crippen LogP contribution is 2.28. The van der Waals surface area contributed by atoms with Crippen LogP contribution in [0.4, 0.5) is 13.2 Å². The van der Waals surface area contributed by atoms with Gasteiger partial charge in [0.05, 0.1) is 5.56 Å². The van der Waals surface area contributed by atoms with E-state index in [2.05, 4.69) is 4.98 Å². The molecule has 1 nitrogen and oxygen atoms in total. The summed E-state index contributed by atoms with van der Waals surface area (Å²) in [6.07, 6.45) is -1.69. The zero-order valence-electron chi connectivity index (χ0n) is 6.20. The minimum atomic E-state index is -2.86. The van der Waals surface area contributed by atoms with E-state index in [-0.39, 0.29) is 15.1 Å². The van der Waals surface area contributed by atoms with E-state index in [1.54, 1.807) is 22.6 Å². The monoisotopic (exact) mass is 321 g/mol. The summed E-state index contributed by atoms with van der Waals surface area (Å²) in [4.78, 5) is 3.59. The van der Waals surface area contributed by atoms with Crippen molar-refractivity contribution < 1.29 is 13.2 Å². The Bertz CT molecular complexity index is 319. The summed E-state index contributed by atoms with van der Waals surface area (Å²) in [5.74, 6) is -1.14. The van der Waals surface area contributed by atoms with Crippen LogP contribution in [0.3, 0.4) is 0 Å². The van der Waals surface area contributed by atoms with Gasteiger partial charge in [0, 0.05) is 12.1 Å². The molecule has 0 N–H and O–H groups in total. The maximum Gasteiger partial charge on any atom is 0.267 e. The van der Waals surface area contributed by atoms with Gasteiger partial charge < -0.3 is 0 Å². The molecule has 6 heteroatoms. The van der Waals surface area contributed by atoms with Gasteiger partial charge in [0.2, 0.25) is 0 Å². The van der Waals surface area contributed by atoms with Crippen LogP contribution < -0.4 is 0 Å². The van der Waals surface area contributed by atoms with Crippen molar-refractivity contribution in [3.8, 4) is 0 Å². The van der Waals surface area contributed by atoms with Gasteiger partial charge >= 0.3 is 0 Å². The molecule has 13 heavy (non-hydrogen) atoms. The molecule has 1 aromatic heterocycles. The fourth-order valence-corrected chi connectivity index (χ4v) is 1.50. The fourth-order valence-electron chi connectivity index (χ4n) is 0.855. The van der Waals surface area contributed by atoms with Gasteiger partial charge in [-0.25, -0.2) is 18.2 Å². The lowest BCUT2D eigenvalue weighted by Crippen LogP contribution is -2.01. The first-order valence-corrected chi connectivity index (χ1v) is 4.86. The zero-order chi connectivity index (χ0) is 10.0. The highest BCUT2D eigenvalue weighted by molar-refractivity contribution is 14.1. The highest BCUT2D eigenvalue weighted by atomic mass is 127. The van der Waals surface area contributed by atoms with Crippen molar-refractivity contribution in [3.63, 3.8) is 0 Å². The van der Waals surface area contributed by atoms with Crippen molar-refractivity contribution in [1.29, 1.82) is 0 Å². The van der Waals surface area contributed by atoms with Gasteiger partial charge in [-0.3, -0.25) is 0 Å². The fraction of sp³-hybridized carbons (Fsp3) is 0.286. The molecule has 0 amide bonds. The summed E-state index contributed by atoms with van der Waals surface area (Å²) in [7, 11) is 0. The molecule has 0 aliphatic heterocycles. The Morgan fingerprint density at radius 3 is 2.62 bits per heavy atom. The van der Waals surface area contributed by atoms with Crippen LogP contribution in [0.15, 0.2) is 6.20 Å². The third kappa shape index (κ3) is 2.25. The van der Waals surface area contributed by atoms with Crippen molar-refractivity contribution in [3.05, 3.63) is 26.8 Å². The number of hydrogen-bond acceptors (Lipinski definition) is 1. The van der Waals surface area contributed by atoms with E-state index in [0.717, 1.165) is 0 Å². The van der Waals surface area contributed by atoms with Gasteiger partial charge in [0.15, 0.2) is 5.82 Å². The number of pyridine rings is 1. The molecule has 0 fully saturated rings. The Labute approximate surface area is 91.4 Å². The maximum absolute atomic E-state index is 13.1. The van der Waals surface area contributed by atoms with E-state index in [9.17, 15) is 13.2 Å². The van der Waals surface area contributed by atoms with Crippen molar-refractivity contribution in [2.24, 2.45) is 0 Å². The van der Waals surface area contributed by atoms with Crippen molar-refractivity contribution >= 4 is 34.2 Å². The Morgan fingerprint density at radius 2 is 2.15 bits per heavy atom. The maximum atomic E-state index is 13.1. The molecule has 0 saturated heterocycles. The van der Waals surface area contributed by atoms with Crippen LogP contribution in [-0.4, -0.2) is 4.98 Å². The van der Waals surface area contributed by atoms with Crippen LogP contribution in [-0.2, 0) is 5.88 Å². The van der Waals surface area contributed by atoms with Gasteiger partial charge in [0.1, 0.15) is 3.70 Å². The minimum Gasteiger partial charge on any atom is -0.247 e. The average molecular weight is 321 g/mol. The van der Waals surface area contributed by atoms with Crippen LogP contribution in [0.25, 0.3) is 0 Å². The van der Waals surface area contributed by atoms with E-state index in [4.69, 9.17) is 11.6 Å². The van der Waals surface area contributed by atoms with Crippen LogP contribution >= 0.6 is 34.2 Å². The lowest BCUT2D eigenvalue weighted by atomic mass is 10.1. The molecule has 0 aromatic carbocycles. The third-order valence-corrected chi connectivity index (χ3v) is 2.50. The average Bonchev–Trinajstić information content (AvgIpc) is 2.08. The summed E-state index contributed by atoms with van der Waals surface area (Å²) in [6.45, 7) is 0. The van der Waals surface area contributed by atoms with E-state index >= 15 is 0 Å². The van der Waals surface area contributed by atoms with Crippen LogP contribution in [0.5, 0.6) is 0 Å². The Balaban J connectivity index is 3.32. The van der Waals surface area contributed by atoms with Crippen LogP contribution in [0, 0.1) is 9.52 Å². The molecule has 0 spiro atoms. The first-order chi connectivity index (χ1) is 6.07. The second-order valence-corrected chi connectivity index (χ2v) is 3.53. The number of alkyl halides is 3. The molecule has 0 aliphatic rings. The molecule has 1 rings (SSSR count). The Kier molecular flexibility index (Phi) is 3.78. The molecule has 0 bridgehead atoms. The van der Waals surface area contributed by atoms with Crippen LogP contribution in [0.2, 0.25) is 0 Å². The second-order valence-electron chi connectivity index (χ2n) is 2.24. The summed E-state index contributed by atoms with van der Waals surface area (Å²) in [5.41, 5.74) is -0.607. The normalized spacial score (nSPS) is 10.9. The highest BCUT2D eigenvalue weighted by Gasteiger charge is 2.20. The van der Waals surface area contributed by atoms with Gasteiger partial charge in [0.25, 0.3) is 6.43 Å². The number of halogens is 5. The first kappa shape index (κ1) is 11.0. The molecule has 0 atom stereocenters. The summed E-state index contributed by atoms with van der Waals surface area (Å²) < 4.78 is 37.7. The standard InChI is InChI=1S/C7H4ClF3IN/c8-1-3-2-13-7(12)5(9)4(3)6(10)11/h2,6H,1H2. The first-order valence-electron chi connectivity index (χ1n) is 3.24. The third-order valence-electron chi connectivity index (χ3n) is 1.46. The van der Waals surface area contributed by atoms with Crippen molar-refractivity contribution in [2.75, 3.05) is 0 Å². The summed E-state index contributed by atoms with van der Waals surface area (Å²) >= 11 is 6.91. The smallest absolute Gasteiger partial charge is 0.247 e. The second kappa shape index (κ2) is 4.45. The SMILES string of the molecule is Fc1c(I)ncc(CCl)c1C(F)F. The van der Waals surface area contributed by atoms with E-state index < -0.39 is 17.8 Å². The predicted octanol–water partition coefficient (Wildman–Crippen LogP) is 3.50. The molecule has 0 radical (unpaired) electrons. The number of hydrogen-bond donors (Lipinski definition) is 0. The molecule has 72 valence electrons. The molecule has 0 aliphatic carbocycles. The Hall–Kier alpha value is -0.0400. The van der Waals surface area contributed by atoms with Crippen molar-refractivity contribution in [1.82, 2.24) is 4.98 Å². The van der Waals surface area contributed by atoms with Gasteiger partial charge in [-0.1, -0.05) is 0 Å². The number of nitrogens with zero attached hydrogens (tertiary/aromatic N) is 1. The van der Waals surface area contributed by atoms with Crippen LogP contribution in [0.1, 0.15) is 17.6 Å². The quantitative estimate of drug-likeness (QED) is 0.461. The lowest BCUT2D eigenvalue weighted by Gasteiger charge is -2.07. The molecular weight excluding hydrogens is 317 g/mol. The summed E-state index contributed by atoms with van der Waals surface area (Å²) in [6, 6.07) is 0.